The third-order valence-electron chi connectivity index (χ3n) is 2.87. The Morgan fingerprint density at radius 3 is 1.50 bits per heavy atom. The lowest BCUT2D eigenvalue weighted by molar-refractivity contribution is 1.51. The van der Waals surface area contributed by atoms with Crippen LogP contribution in [0.3, 0.4) is 0 Å². The van der Waals surface area contributed by atoms with Gasteiger partial charge in [0.05, 0.1) is 25.3 Å². The monoisotopic (exact) mass is 254 g/mol. The minimum absolute atomic E-state index is 0.00549. The van der Waals surface area contributed by atoms with E-state index >= 15 is 0 Å². The standard InChI is InChI=1S/C16H6N4/c1-19-15(9-17)13-7-8-14(16(10-18)20-2)12-6-4-3-5-11(12)13/h3-8H/b15-13-,16-14-. The molecule has 90 valence electrons. The van der Waals surface area contributed by atoms with Crippen LogP contribution in [0, 0.1) is 35.8 Å². The molecule has 20 heavy (non-hydrogen) atoms. The van der Waals surface area contributed by atoms with Crippen LogP contribution in [-0.4, -0.2) is 0 Å². The number of benzene rings is 2. The Hall–Kier alpha value is -3.60. The summed E-state index contributed by atoms with van der Waals surface area (Å²) in [7, 11) is 0. The molecule has 0 radical (unpaired) electrons. The van der Waals surface area contributed by atoms with Crippen LogP contribution >= 0.6 is 0 Å². The van der Waals surface area contributed by atoms with Crippen molar-refractivity contribution in [3.05, 3.63) is 69.7 Å². The Labute approximate surface area is 115 Å². The number of nitrogens with zero attached hydrogens (tertiary/aromatic N) is 4. The van der Waals surface area contributed by atoms with E-state index in [2.05, 4.69) is 9.69 Å². The molecule has 0 fully saturated rings. The molecule has 0 saturated carbocycles. The fraction of sp³-hybridized carbons (Fsp3) is 0. The summed E-state index contributed by atoms with van der Waals surface area (Å²) in [6.45, 7) is 14.1. The maximum atomic E-state index is 9.00. The molecule has 0 N–H and O–H groups in total. The first-order valence-corrected chi connectivity index (χ1v) is 5.58. The smallest absolute Gasteiger partial charge is 0.226 e. The van der Waals surface area contributed by atoms with E-state index in [1.807, 2.05) is 12.1 Å². The lowest BCUT2D eigenvalue weighted by Crippen LogP contribution is -2.14. The van der Waals surface area contributed by atoms with E-state index < -0.39 is 0 Å². The van der Waals surface area contributed by atoms with Gasteiger partial charge in [-0.2, -0.15) is 0 Å². The fourth-order valence-corrected chi connectivity index (χ4v) is 2.00. The number of fused-ring (bicyclic) bond motifs is 1. The van der Waals surface area contributed by atoms with Crippen molar-refractivity contribution in [2.75, 3.05) is 0 Å². The first-order valence-electron chi connectivity index (χ1n) is 5.58. The maximum absolute atomic E-state index is 9.00. The van der Waals surface area contributed by atoms with Crippen LogP contribution in [0.2, 0.25) is 0 Å². The highest BCUT2D eigenvalue weighted by atomic mass is 14.7. The molecule has 0 bridgehead atoms. The highest BCUT2D eigenvalue weighted by Crippen LogP contribution is 2.08. The van der Waals surface area contributed by atoms with Crippen LogP contribution in [0.1, 0.15) is 0 Å². The largest absolute Gasteiger partial charge is 0.269 e. The number of rotatable bonds is 0. The van der Waals surface area contributed by atoms with Gasteiger partial charge in [-0.25, -0.2) is 20.2 Å². The Bertz CT molecular complexity index is 872. The second kappa shape index (κ2) is 5.36. The lowest BCUT2D eigenvalue weighted by Gasteiger charge is -2.01. The number of hydrogen-bond donors (Lipinski definition) is 0. The normalized spacial score (nSPS) is 12.4. The summed E-state index contributed by atoms with van der Waals surface area (Å²) in [6.07, 6.45) is 0. The molecule has 2 aromatic carbocycles. The van der Waals surface area contributed by atoms with E-state index in [1.165, 1.54) is 0 Å². The first kappa shape index (κ1) is 12.8. The number of hydrogen-bond acceptors (Lipinski definition) is 2. The predicted octanol–water partition coefficient (Wildman–Crippen LogP) is 1.94. The molecule has 0 heterocycles. The summed E-state index contributed by atoms with van der Waals surface area (Å²) in [6, 6.07) is 14.1. The quantitative estimate of drug-likeness (QED) is 0.674. The molecule has 4 nitrogen and oxygen atoms in total. The van der Waals surface area contributed by atoms with E-state index in [4.69, 9.17) is 23.7 Å². The van der Waals surface area contributed by atoms with Gasteiger partial charge in [0.2, 0.25) is 0 Å². The first-order chi connectivity index (χ1) is 9.76. The summed E-state index contributed by atoms with van der Waals surface area (Å²) in [5.74, 6) is 0. The molecule has 0 atom stereocenters. The average molecular weight is 254 g/mol. The molecule has 4 heteroatoms. The van der Waals surface area contributed by atoms with E-state index in [0.717, 1.165) is 0 Å². The second-order valence-corrected chi connectivity index (χ2v) is 3.85. The summed E-state index contributed by atoms with van der Waals surface area (Å²) < 4.78 is 0. The van der Waals surface area contributed by atoms with Crippen LogP contribution in [0.5, 0.6) is 0 Å². The van der Waals surface area contributed by atoms with Crippen molar-refractivity contribution in [1.82, 2.24) is 0 Å². The molecule has 0 saturated heterocycles. The molecule has 0 amide bonds. The summed E-state index contributed by atoms with van der Waals surface area (Å²) in [5.41, 5.74) is -0.0110. The predicted molar refractivity (Wildman–Crippen MR) is 74.4 cm³/mol. The van der Waals surface area contributed by atoms with Crippen molar-refractivity contribution in [3.8, 4) is 12.1 Å². The zero-order valence-corrected chi connectivity index (χ0v) is 10.3. The maximum Gasteiger partial charge on any atom is 0.269 e. The Balaban J connectivity index is 3.21. The van der Waals surface area contributed by atoms with Crippen LogP contribution < -0.4 is 10.4 Å². The zero-order valence-electron chi connectivity index (χ0n) is 10.3. The molecule has 0 aliphatic heterocycles. The van der Waals surface area contributed by atoms with E-state index in [-0.39, 0.29) is 11.4 Å². The Morgan fingerprint density at radius 1 is 0.800 bits per heavy atom. The molecule has 2 rings (SSSR count). The summed E-state index contributed by atoms with van der Waals surface area (Å²) in [5, 5.41) is 20.4. The van der Waals surface area contributed by atoms with Gasteiger partial charge in [-0.1, -0.05) is 36.4 Å². The van der Waals surface area contributed by atoms with Gasteiger partial charge in [0.1, 0.15) is 0 Å². The molecule has 0 aliphatic rings. The van der Waals surface area contributed by atoms with Crippen molar-refractivity contribution >= 4 is 22.2 Å². The topological polar surface area (TPSA) is 56.3 Å². The minimum atomic E-state index is -0.00549. The lowest BCUT2D eigenvalue weighted by atomic mass is 10.0. The summed E-state index contributed by atoms with van der Waals surface area (Å²) >= 11 is 0. The molecule has 0 aromatic heterocycles. The molecule has 0 unspecified atom stereocenters. The summed E-state index contributed by atoms with van der Waals surface area (Å²) in [4.78, 5) is 6.43. The average Bonchev–Trinajstić information content (AvgIpc) is 2.51. The van der Waals surface area contributed by atoms with Gasteiger partial charge in [0, 0.05) is 0 Å². The van der Waals surface area contributed by atoms with Gasteiger partial charge in [0.25, 0.3) is 11.4 Å². The van der Waals surface area contributed by atoms with Crippen LogP contribution in [0.25, 0.3) is 31.9 Å². The minimum Gasteiger partial charge on any atom is -0.226 e. The molecular formula is C16H6N4. The molecule has 0 spiro atoms. The molecule has 2 aromatic rings. The Kier molecular flexibility index (Phi) is 3.45. The van der Waals surface area contributed by atoms with Crippen molar-refractivity contribution in [1.29, 1.82) is 10.5 Å². The highest BCUT2D eigenvalue weighted by molar-refractivity contribution is 5.90. The van der Waals surface area contributed by atoms with Crippen molar-refractivity contribution in [3.63, 3.8) is 0 Å². The van der Waals surface area contributed by atoms with Gasteiger partial charge < -0.3 is 0 Å². The van der Waals surface area contributed by atoms with Crippen molar-refractivity contribution in [2.24, 2.45) is 0 Å². The number of nitriles is 2. The second-order valence-electron chi connectivity index (χ2n) is 3.85. The zero-order chi connectivity index (χ0) is 14.5. The van der Waals surface area contributed by atoms with Gasteiger partial charge in [-0.3, -0.25) is 0 Å². The Morgan fingerprint density at radius 2 is 1.20 bits per heavy atom. The van der Waals surface area contributed by atoms with Gasteiger partial charge in [-0.05, 0) is 21.2 Å². The van der Waals surface area contributed by atoms with Gasteiger partial charge in [0.15, 0.2) is 0 Å². The SMILES string of the molecule is [C-]#[N+]/C(C#N)=c1/cc/c(=C(\C#N)[N+]#[C-])c2ccccc12. The van der Waals surface area contributed by atoms with Crippen LogP contribution in [0.4, 0.5) is 0 Å². The van der Waals surface area contributed by atoms with Gasteiger partial charge in [-0.15, -0.1) is 0 Å². The third kappa shape index (κ3) is 1.95. The van der Waals surface area contributed by atoms with Crippen LogP contribution in [-0.2, 0) is 0 Å². The highest BCUT2D eigenvalue weighted by Gasteiger charge is 2.04. The van der Waals surface area contributed by atoms with E-state index in [0.29, 0.717) is 21.2 Å². The van der Waals surface area contributed by atoms with Crippen molar-refractivity contribution in [2.45, 2.75) is 0 Å². The molecular weight excluding hydrogens is 248 g/mol. The van der Waals surface area contributed by atoms with E-state index in [1.54, 1.807) is 36.4 Å². The van der Waals surface area contributed by atoms with Gasteiger partial charge >= 0.3 is 0 Å². The van der Waals surface area contributed by atoms with Crippen LogP contribution in [0.15, 0.2) is 36.4 Å². The van der Waals surface area contributed by atoms with Crippen molar-refractivity contribution < 1.29 is 0 Å². The third-order valence-corrected chi connectivity index (χ3v) is 2.87. The molecule has 0 aliphatic carbocycles. The fourth-order valence-electron chi connectivity index (χ4n) is 2.00. The van der Waals surface area contributed by atoms with E-state index in [9.17, 15) is 0 Å².